The number of benzene rings is 2. The summed E-state index contributed by atoms with van der Waals surface area (Å²) < 4.78 is 24.5. The Morgan fingerprint density at radius 2 is 1.88 bits per heavy atom. The van der Waals surface area contributed by atoms with Gasteiger partial charge in [0.25, 0.3) is 11.6 Å². The number of nitrogens with zero attached hydrogens (tertiary/aromatic N) is 4. The summed E-state index contributed by atoms with van der Waals surface area (Å²) in [5, 5.41) is 11.5. The van der Waals surface area contributed by atoms with Crippen LogP contribution in [0, 0.1) is 10.1 Å². The Morgan fingerprint density at radius 3 is 2.53 bits per heavy atom. The van der Waals surface area contributed by atoms with Gasteiger partial charge < -0.3 is 4.90 Å². The van der Waals surface area contributed by atoms with Crippen LogP contribution in [0.3, 0.4) is 0 Å². The average Bonchev–Trinajstić information content (AvgIpc) is 3.23. The number of anilines is 1. The second kappa shape index (κ2) is 10.9. The van der Waals surface area contributed by atoms with Crippen LogP contribution in [0.2, 0.25) is 0 Å². The molecule has 0 bridgehead atoms. The Balaban J connectivity index is 1.93. The minimum Gasteiger partial charge on any atom is -0.302 e. The van der Waals surface area contributed by atoms with Crippen molar-refractivity contribution in [2.24, 2.45) is 0 Å². The van der Waals surface area contributed by atoms with Crippen molar-refractivity contribution >= 4 is 54.2 Å². The lowest BCUT2D eigenvalue weighted by molar-refractivity contribution is -0.384. The molecule has 1 aromatic heterocycles. The molecule has 0 aliphatic rings. The molecule has 0 radical (unpaired) electrons. The van der Waals surface area contributed by atoms with Gasteiger partial charge in [0.2, 0.25) is 0 Å². The quantitative estimate of drug-likeness (QED) is 0.234. The number of sulfone groups is 1. The van der Waals surface area contributed by atoms with Crippen LogP contribution in [0.5, 0.6) is 0 Å². The summed E-state index contributed by atoms with van der Waals surface area (Å²) in [5.41, 5.74) is 1.09. The third kappa shape index (κ3) is 6.25. The highest BCUT2D eigenvalue weighted by molar-refractivity contribution is 7.90. The van der Waals surface area contributed by atoms with E-state index in [1.54, 1.807) is 29.2 Å². The first-order valence-corrected chi connectivity index (χ1v) is 13.4. The molecule has 0 fully saturated rings. The Bertz CT molecular complexity index is 1330. The zero-order valence-electron chi connectivity index (χ0n) is 19.2. The van der Waals surface area contributed by atoms with E-state index >= 15 is 0 Å². The van der Waals surface area contributed by atoms with Gasteiger partial charge in [0.15, 0.2) is 15.0 Å². The third-order valence-corrected chi connectivity index (χ3v) is 7.46. The van der Waals surface area contributed by atoms with Gasteiger partial charge in [0, 0.05) is 37.6 Å². The van der Waals surface area contributed by atoms with Crippen LogP contribution in [0.4, 0.5) is 10.8 Å². The number of hydrogen-bond acceptors (Lipinski definition) is 8. The SMILES string of the molecule is CCN(CC)CCN(C(=O)C=Cc1cccc([N+](=O)[O-])c1)c1nc2ccc(S(C)(=O)=O)cc2s1. The van der Waals surface area contributed by atoms with Crippen molar-refractivity contribution in [2.45, 2.75) is 18.7 Å². The predicted molar refractivity (Wildman–Crippen MR) is 135 cm³/mol. The summed E-state index contributed by atoms with van der Waals surface area (Å²) in [6.07, 6.45) is 4.05. The fourth-order valence-corrected chi connectivity index (χ4v) is 5.08. The number of amides is 1. The first kappa shape index (κ1) is 25.5. The standard InChI is InChI=1S/C23H26N4O5S2/c1-4-25(5-2)13-14-26(22(28)12-9-17-7-6-8-18(15-17)27(29)30)23-24-20-11-10-19(34(3,31)32)16-21(20)33-23/h6-12,15-16H,4-5,13-14H2,1-3H3. The molecule has 0 saturated carbocycles. The maximum Gasteiger partial charge on any atom is 0.270 e. The van der Waals surface area contributed by atoms with E-state index in [1.807, 2.05) is 13.8 Å². The Labute approximate surface area is 202 Å². The highest BCUT2D eigenvalue weighted by atomic mass is 32.2. The van der Waals surface area contributed by atoms with E-state index in [9.17, 15) is 23.3 Å². The number of thiazole rings is 1. The normalized spacial score (nSPS) is 12.0. The van der Waals surface area contributed by atoms with Gasteiger partial charge in [0.1, 0.15) is 0 Å². The number of non-ortho nitro benzene ring substituents is 1. The van der Waals surface area contributed by atoms with E-state index in [4.69, 9.17) is 0 Å². The van der Waals surface area contributed by atoms with Gasteiger partial charge in [-0.15, -0.1) is 0 Å². The molecule has 0 spiro atoms. The number of likely N-dealkylation sites (N-methyl/N-ethyl adjacent to an activating group) is 1. The van der Waals surface area contributed by atoms with Gasteiger partial charge in [-0.05, 0) is 42.9 Å². The van der Waals surface area contributed by atoms with E-state index in [0.717, 1.165) is 19.3 Å². The van der Waals surface area contributed by atoms with E-state index in [1.165, 1.54) is 41.7 Å². The Morgan fingerprint density at radius 1 is 1.15 bits per heavy atom. The molecule has 1 heterocycles. The summed E-state index contributed by atoms with van der Waals surface area (Å²) in [4.78, 5) is 32.2. The first-order chi connectivity index (χ1) is 16.1. The van der Waals surface area contributed by atoms with Crippen LogP contribution in [0.1, 0.15) is 19.4 Å². The van der Waals surface area contributed by atoms with E-state index in [0.29, 0.717) is 34.0 Å². The smallest absolute Gasteiger partial charge is 0.270 e. The van der Waals surface area contributed by atoms with Gasteiger partial charge in [0.05, 0.1) is 20.0 Å². The zero-order chi connectivity index (χ0) is 24.9. The van der Waals surface area contributed by atoms with Crippen LogP contribution in [-0.2, 0) is 14.6 Å². The molecule has 9 nitrogen and oxygen atoms in total. The second-order valence-electron chi connectivity index (χ2n) is 7.60. The van der Waals surface area contributed by atoms with Gasteiger partial charge >= 0.3 is 0 Å². The van der Waals surface area contributed by atoms with Crippen molar-refractivity contribution in [2.75, 3.05) is 37.3 Å². The lowest BCUT2D eigenvalue weighted by atomic mass is 10.2. The molecule has 180 valence electrons. The van der Waals surface area contributed by atoms with Gasteiger partial charge in [-0.3, -0.25) is 19.8 Å². The summed E-state index contributed by atoms with van der Waals surface area (Å²) in [6, 6.07) is 10.7. The molecule has 0 N–H and O–H groups in total. The fraction of sp³-hybridized carbons (Fsp3) is 0.304. The number of nitro benzene ring substituents is 1. The molecule has 2 aromatic carbocycles. The monoisotopic (exact) mass is 502 g/mol. The number of rotatable bonds is 10. The molecule has 0 unspecified atom stereocenters. The zero-order valence-corrected chi connectivity index (χ0v) is 20.8. The molecule has 3 rings (SSSR count). The maximum atomic E-state index is 13.2. The summed E-state index contributed by atoms with van der Waals surface area (Å²) in [7, 11) is -3.37. The van der Waals surface area contributed by atoms with Gasteiger partial charge in [-0.2, -0.15) is 0 Å². The van der Waals surface area contributed by atoms with Gasteiger partial charge in [-0.25, -0.2) is 13.4 Å². The highest BCUT2D eigenvalue weighted by Crippen LogP contribution is 2.31. The minimum absolute atomic E-state index is 0.0548. The van der Waals surface area contributed by atoms with Crippen molar-refractivity contribution in [1.29, 1.82) is 0 Å². The molecule has 0 aliphatic carbocycles. The molecular formula is C23H26N4O5S2. The Kier molecular flexibility index (Phi) is 8.13. The summed E-state index contributed by atoms with van der Waals surface area (Å²) >= 11 is 1.25. The number of nitro groups is 1. The number of aromatic nitrogens is 1. The Hall–Kier alpha value is -3.15. The van der Waals surface area contributed by atoms with E-state index < -0.39 is 14.8 Å². The lowest BCUT2D eigenvalue weighted by Crippen LogP contribution is -2.38. The molecular weight excluding hydrogens is 476 g/mol. The number of hydrogen-bond donors (Lipinski definition) is 0. The van der Waals surface area contributed by atoms with E-state index in [-0.39, 0.29) is 16.5 Å². The minimum atomic E-state index is -3.37. The topological polar surface area (TPSA) is 114 Å². The predicted octanol–water partition coefficient (Wildman–Crippen LogP) is 4.00. The van der Waals surface area contributed by atoms with Crippen molar-refractivity contribution in [1.82, 2.24) is 9.88 Å². The molecule has 0 atom stereocenters. The number of fused-ring (bicyclic) bond motifs is 1. The van der Waals surface area contributed by atoms with Crippen LogP contribution < -0.4 is 4.90 Å². The van der Waals surface area contributed by atoms with Crippen LogP contribution in [0.25, 0.3) is 16.3 Å². The van der Waals surface area contributed by atoms with Crippen LogP contribution >= 0.6 is 11.3 Å². The maximum absolute atomic E-state index is 13.2. The fourth-order valence-electron chi connectivity index (χ4n) is 3.32. The van der Waals surface area contributed by atoms with Gasteiger partial charge in [-0.1, -0.05) is 37.3 Å². The number of carbonyl (C=O) groups is 1. The van der Waals surface area contributed by atoms with Crippen LogP contribution in [-0.4, -0.2) is 61.6 Å². The average molecular weight is 503 g/mol. The second-order valence-corrected chi connectivity index (χ2v) is 10.6. The first-order valence-electron chi connectivity index (χ1n) is 10.7. The highest BCUT2D eigenvalue weighted by Gasteiger charge is 2.20. The third-order valence-electron chi connectivity index (χ3n) is 5.31. The molecule has 0 aliphatic heterocycles. The number of carbonyl (C=O) groups excluding carboxylic acids is 1. The van der Waals surface area contributed by atoms with E-state index in [2.05, 4.69) is 9.88 Å². The van der Waals surface area contributed by atoms with Crippen molar-refractivity contribution in [3.8, 4) is 0 Å². The summed E-state index contributed by atoms with van der Waals surface area (Å²) in [6.45, 7) is 6.77. The largest absolute Gasteiger partial charge is 0.302 e. The molecule has 0 saturated heterocycles. The molecule has 34 heavy (non-hydrogen) atoms. The van der Waals surface area contributed by atoms with Crippen molar-refractivity contribution in [3.63, 3.8) is 0 Å². The van der Waals surface area contributed by atoms with Crippen molar-refractivity contribution in [3.05, 3.63) is 64.2 Å². The molecule has 3 aromatic rings. The molecule has 1 amide bonds. The molecule has 11 heteroatoms. The van der Waals surface area contributed by atoms with Crippen LogP contribution in [0.15, 0.2) is 53.4 Å². The van der Waals surface area contributed by atoms with Crippen molar-refractivity contribution < 1.29 is 18.1 Å². The lowest BCUT2D eigenvalue weighted by Gasteiger charge is -2.23. The summed E-state index contributed by atoms with van der Waals surface area (Å²) in [5.74, 6) is -0.318.